The Balaban J connectivity index is 1.89. The normalized spacial score (nSPS) is 15.3. The summed E-state index contributed by atoms with van der Waals surface area (Å²) in [6.45, 7) is 3.02. The van der Waals surface area contributed by atoms with E-state index in [0.717, 1.165) is 12.8 Å². The minimum absolute atomic E-state index is 0.0277. The van der Waals surface area contributed by atoms with Gasteiger partial charge in [0.1, 0.15) is 0 Å². The molecule has 5 nitrogen and oxygen atoms in total. The Morgan fingerprint density at radius 1 is 1.20 bits per heavy atom. The number of rotatable bonds is 5. The molecule has 1 unspecified atom stereocenters. The van der Waals surface area contributed by atoms with Gasteiger partial charge in [0.05, 0.1) is 5.92 Å². The van der Waals surface area contributed by atoms with Crippen molar-refractivity contribution in [2.24, 2.45) is 5.92 Å². The third kappa shape index (κ3) is 3.66. The number of hydrogen-bond donors (Lipinski definition) is 1. The number of ether oxygens (including phenoxy) is 1. The summed E-state index contributed by atoms with van der Waals surface area (Å²) in [6.07, 6.45) is 0.870. The number of nitrogens with one attached hydrogen (secondary N) is 1. The molecular formula is C15H17NO4. The molecule has 1 aromatic carbocycles. The van der Waals surface area contributed by atoms with Gasteiger partial charge in [0, 0.05) is 11.3 Å². The molecule has 2 rings (SSSR count). The smallest absolute Gasteiger partial charge is 0.309 e. The van der Waals surface area contributed by atoms with Crippen LogP contribution in [-0.2, 0) is 14.3 Å². The van der Waals surface area contributed by atoms with Crippen LogP contribution in [0.3, 0.4) is 0 Å². The number of hydrogen-bond acceptors (Lipinski definition) is 4. The number of Topliss-reactive ketones (excluding diaryl/α,β-unsaturated/α-hetero) is 1. The molecule has 0 spiro atoms. The van der Waals surface area contributed by atoms with Crippen LogP contribution in [0.5, 0.6) is 0 Å². The summed E-state index contributed by atoms with van der Waals surface area (Å²) in [4.78, 5) is 34.4. The van der Waals surface area contributed by atoms with Crippen molar-refractivity contribution in [2.45, 2.75) is 32.8 Å². The molecule has 0 aromatic heterocycles. The van der Waals surface area contributed by atoms with E-state index in [9.17, 15) is 14.4 Å². The summed E-state index contributed by atoms with van der Waals surface area (Å²) in [5.41, 5.74) is 1.14. The highest BCUT2D eigenvalue weighted by Gasteiger charge is 2.33. The van der Waals surface area contributed by atoms with Crippen LogP contribution in [0.25, 0.3) is 0 Å². The second-order valence-electron chi connectivity index (χ2n) is 4.98. The van der Waals surface area contributed by atoms with Crippen molar-refractivity contribution < 1.29 is 19.1 Å². The van der Waals surface area contributed by atoms with Crippen LogP contribution >= 0.6 is 0 Å². The predicted octanol–water partition coefficient (Wildman–Crippen LogP) is 2.17. The standard InChI is InChI=1S/C15H17NO4/c1-9(17)11-5-7-13(8-6-11)16-14(18)10(2)20-15(19)12-3-4-12/h5-8,10,12H,3-4H2,1-2H3,(H,16,18). The molecule has 0 saturated heterocycles. The van der Waals surface area contributed by atoms with Gasteiger partial charge in [0.25, 0.3) is 5.91 Å². The number of anilines is 1. The Morgan fingerprint density at radius 2 is 1.80 bits per heavy atom. The third-order valence-electron chi connectivity index (χ3n) is 3.13. The van der Waals surface area contributed by atoms with Gasteiger partial charge in [-0.2, -0.15) is 0 Å². The fourth-order valence-electron chi connectivity index (χ4n) is 1.68. The maximum absolute atomic E-state index is 11.9. The molecule has 5 heteroatoms. The Hall–Kier alpha value is -2.17. The van der Waals surface area contributed by atoms with Gasteiger partial charge < -0.3 is 10.1 Å². The maximum Gasteiger partial charge on any atom is 0.309 e. The quantitative estimate of drug-likeness (QED) is 0.660. The fraction of sp³-hybridized carbons (Fsp3) is 0.400. The van der Waals surface area contributed by atoms with E-state index in [4.69, 9.17) is 4.74 Å². The first-order chi connectivity index (χ1) is 9.47. The molecule has 1 aliphatic carbocycles. The van der Waals surface area contributed by atoms with E-state index in [1.165, 1.54) is 6.92 Å². The van der Waals surface area contributed by atoms with Crippen LogP contribution in [0.4, 0.5) is 5.69 Å². The molecule has 1 fully saturated rings. The topological polar surface area (TPSA) is 72.5 Å². The highest BCUT2D eigenvalue weighted by Crippen LogP contribution is 2.30. The molecule has 1 atom stereocenters. The highest BCUT2D eigenvalue weighted by atomic mass is 16.5. The molecular weight excluding hydrogens is 258 g/mol. The lowest BCUT2D eigenvalue weighted by Crippen LogP contribution is -2.30. The van der Waals surface area contributed by atoms with Crippen LogP contribution in [0, 0.1) is 5.92 Å². The number of benzene rings is 1. The van der Waals surface area contributed by atoms with E-state index in [1.807, 2.05) is 0 Å². The van der Waals surface area contributed by atoms with E-state index in [1.54, 1.807) is 31.2 Å². The molecule has 1 N–H and O–H groups in total. The SMILES string of the molecule is CC(=O)c1ccc(NC(=O)C(C)OC(=O)C2CC2)cc1. The molecule has 0 heterocycles. The fourth-order valence-corrected chi connectivity index (χ4v) is 1.68. The van der Waals surface area contributed by atoms with Crippen LogP contribution in [0.1, 0.15) is 37.0 Å². The average Bonchev–Trinajstić information content (AvgIpc) is 3.23. The number of carbonyl (C=O) groups is 3. The molecule has 0 radical (unpaired) electrons. The van der Waals surface area contributed by atoms with Crippen molar-refractivity contribution in [1.29, 1.82) is 0 Å². The van der Waals surface area contributed by atoms with Crippen LogP contribution in [0.2, 0.25) is 0 Å². The number of ketones is 1. The van der Waals surface area contributed by atoms with E-state index >= 15 is 0 Å². The number of amides is 1. The van der Waals surface area contributed by atoms with Crippen molar-refractivity contribution >= 4 is 23.3 Å². The summed E-state index contributed by atoms with van der Waals surface area (Å²) in [5, 5.41) is 2.65. The zero-order valence-electron chi connectivity index (χ0n) is 11.5. The predicted molar refractivity (Wildman–Crippen MR) is 73.4 cm³/mol. The maximum atomic E-state index is 11.9. The summed E-state index contributed by atoms with van der Waals surface area (Å²) < 4.78 is 5.07. The second kappa shape index (κ2) is 5.86. The highest BCUT2D eigenvalue weighted by molar-refractivity contribution is 5.97. The van der Waals surface area contributed by atoms with Crippen molar-refractivity contribution in [1.82, 2.24) is 0 Å². The van der Waals surface area contributed by atoms with Crippen LogP contribution < -0.4 is 5.32 Å². The summed E-state index contributed by atoms with van der Waals surface area (Å²) in [6, 6.07) is 6.56. The van der Waals surface area contributed by atoms with Gasteiger partial charge in [-0.05, 0) is 51.0 Å². The van der Waals surface area contributed by atoms with Crippen molar-refractivity contribution in [3.63, 3.8) is 0 Å². The van der Waals surface area contributed by atoms with Gasteiger partial charge in [0.2, 0.25) is 0 Å². The van der Waals surface area contributed by atoms with Gasteiger partial charge in [-0.15, -0.1) is 0 Å². The lowest BCUT2D eigenvalue weighted by Gasteiger charge is -2.13. The Labute approximate surface area is 117 Å². The van der Waals surface area contributed by atoms with Gasteiger partial charge in [-0.3, -0.25) is 14.4 Å². The zero-order valence-corrected chi connectivity index (χ0v) is 11.5. The average molecular weight is 275 g/mol. The molecule has 1 saturated carbocycles. The first kappa shape index (κ1) is 14.2. The van der Waals surface area contributed by atoms with Crippen molar-refractivity contribution in [3.8, 4) is 0 Å². The van der Waals surface area contributed by atoms with Crippen LogP contribution in [0.15, 0.2) is 24.3 Å². The van der Waals surface area contributed by atoms with Gasteiger partial charge in [-0.1, -0.05) is 0 Å². The summed E-state index contributed by atoms with van der Waals surface area (Å²) >= 11 is 0. The van der Waals surface area contributed by atoms with Gasteiger partial charge in [0.15, 0.2) is 11.9 Å². The molecule has 1 aromatic rings. The van der Waals surface area contributed by atoms with Crippen LogP contribution in [-0.4, -0.2) is 23.8 Å². The van der Waals surface area contributed by atoms with E-state index in [2.05, 4.69) is 5.32 Å². The first-order valence-electron chi connectivity index (χ1n) is 6.59. The zero-order chi connectivity index (χ0) is 14.7. The Morgan fingerprint density at radius 3 is 2.30 bits per heavy atom. The van der Waals surface area contributed by atoms with Gasteiger partial charge >= 0.3 is 5.97 Å². The third-order valence-corrected chi connectivity index (χ3v) is 3.13. The molecule has 1 aliphatic rings. The lowest BCUT2D eigenvalue weighted by molar-refractivity contribution is -0.154. The summed E-state index contributed by atoms with van der Waals surface area (Å²) in [7, 11) is 0. The minimum Gasteiger partial charge on any atom is -0.452 e. The molecule has 20 heavy (non-hydrogen) atoms. The van der Waals surface area contributed by atoms with Crippen molar-refractivity contribution in [3.05, 3.63) is 29.8 Å². The van der Waals surface area contributed by atoms with E-state index < -0.39 is 6.10 Å². The second-order valence-corrected chi connectivity index (χ2v) is 4.98. The van der Waals surface area contributed by atoms with Gasteiger partial charge in [-0.25, -0.2) is 0 Å². The number of carbonyl (C=O) groups excluding carboxylic acids is 3. The van der Waals surface area contributed by atoms with E-state index in [0.29, 0.717) is 11.3 Å². The summed E-state index contributed by atoms with van der Waals surface area (Å²) in [5.74, 6) is -0.746. The molecule has 1 amide bonds. The molecule has 0 bridgehead atoms. The molecule has 106 valence electrons. The van der Waals surface area contributed by atoms with E-state index in [-0.39, 0.29) is 23.6 Å². The number of esters is 1. The Bertz CT molecular complexity index is 531. The lowest BCUT2D eigenvalue weighted by atomic mass is 10.1. The minimum atomic E-state index is -0.824. The first-order valence-corrected chi connectivity index (χ1v) is 6.59. The monoisotopic (exact) mass is 275 g/mol. The Kier molecular flexibility index (Phi) is 4.17. The largest absolute Gasteiger partial charge is 0.452 e. The molecule has 0 aliphatic heterocycles. The van der Waals surface area contributed by atoms with Crippen molar-refractivity contribution in [2.75, 3.05) is 5.32 Å².